The Morgan fingerprint density at radius 1 is 1.43 bits per heavy atom. The van der Waals surface area contributed by atoms with Gasteiger partial charge in [0.25, 0.3) is 0 Å². The molecule has 0 aliphatic carbocycles. The van der Waals surface area contributed by atoms with Crippen molar-refractivity contribution < 1.29 is 8.42 Å². The van der Waals surface area contributed by atoms with Gasteiger partial charge in [0.05, 0.1) is 10.9 Å². The monoisotopic (exact) mass is 308 g/mol. The molecule has 0 amide bonds. The molecule has 1 unspecified atom stereocenters. The van der Waals surface area contributed by atoms with Gasteiger partial charge in [0.2, 0.25) is 10.0 Å². The van der Waals surface area contributed by atoms with Crippen LogP contribution in [0.1, 0.15) is 36.3 Å². The van der Waals surface area contributed by atoms with Crippen molar-refractivity contribution in [3.63, 3.8) is 0 Å². The molecule has 4 N–H and O–H groups in total. The van der Waals surface area contributed by atoms with Crippen LogP contribution in [0.2, 0.25) is 0 Å². The first-order valence-electron chi connectivity index (χ1n) is 6.79. The van der Waals surface area contributed by atoms with E-state index < -0.39 is 10.0 Å². The molecule has 0 aliphatic rings. The number of nitrogens with two attached hydrogens (primary N) is 1. The van der Waals surface area contributed by atoms with Gasteiger partial charge < -0.3 is 10.7 Å². The molecular weight excluding hydrogens is 288 g/mol. The second-order valence-electron chi connectivity index (χ2n) is 4.80. The number of nitrogens with one attached hydrogen (secondary N) is 2. The lowest BCUT2D eigenvalue weighted by Crippen LogP contribution is -2.29. The molecule has 0 bridgehead atoms. The van der Waals surface area contributed by atoms with E-state index >= 15 is 0 Å². The van der Waals surface area contributed by atoms with E-state index in [4.69, 9.17) is 5.73 Å². The van der Waals surface area contributed by atoms with Crippen LogP contribution in [0.15, 0.2) is 35.5 Å². The van der Waals surface area contributed by atoms with E-state index in [1.165, 1.54) is 0 Å². The van der Waals surface area contributed by atoms with Crippen LogP contribution in [0.4, 0.5) is 0 Å². The van der Waals surface area contributed by atoms with E-state index in [-0.39, 0.29) is 10.9 Å². The lowest BCUT2D eigenvalue weighted by Gasteiger charge is -2.17. The minimum atomic E-state index is -3.63. The van der Waals surface area contributed by atoms with Crippen molar-refractivity contribution in [3.05, 3.63) is 47.5 Å². The summed E-state index contributed by atoms with van der Waals surface area (Å²) in [5.41, 5.74) is 7.14. The first kappa shape index (κ1) is 15.7. The second-order valence-corrected chi connectivity index (χ2v) is 6.48. The van der Waals surface area contributed by atoms with Crippen molar-refractivity contribution in [3.8, 4) is 0 Å². The van der Waals surface area contributed by atoms with E-state index in [1.807, 2.05) is 13.0 Å². The van der Waals surface area contributed by atoms with Crippen LogP contribution in [-0.2, 0) is 16.6 Å². The van der Waals surface area contributed by atoms with Gasteiger partial charge in [-0.05, 0) is 30.5 Å². The van der Waals surface area contributed by atoms with Gasteiger partial charge in [0.15, 0.2) is 0 Å². The van der Waals surface area contributed by atoms with Gasteiger partial charge in [-0.2, -0.15) is 0 Å². The fourth-order valence-corrected chi connectivity index (χ4v) is 3.80. The molecule has 1 heterocycles. The number of hydrogen-bond donors (Lipinski definition) is 3. The Bertz CT molecular complexity index is 696. The number of rotatable bonds is 6. The first-order chi connectivity index (χ1) is 9.99. The van der Waals surface area contributed by atoms with Crippen LogP contribution in [0.25, 0.3) is 0 Å². The second kappa shape index (κ2) is 6.38. The number of nitrogens with zero attached hydrogens (tertiary/aromatic N) is 1. The van der Waals surface area contributed by atoms with Gasteiger partial charge in [0, 0.05) is 18.9 Å². The Balaban J connectivity index is 2.34. The molecule has 2 rings (SSSR count). The summed E-state index contributed by atoms with van der Waals surface area (Å²) in [4.78, 5) is 7.32. The maximum atomic E-state index is 12.6. The SMILES string of the molecule is CCC(NS(=O)(=O)c1cccc(CN)c1C)c1ncc[nH]1. The van der Waals surface area contributed by atoms with Crippen molar-refractivity contribution in [2.45, 2.75) is 37.8 Å². The number of aromatic nitrogens is 2. The van der Waals surface area contributed by atoms with Crippen molar-refractivity contribution in [1.82, 2.24) is 14.7 Å². The minimum absolute atomic E-state index is 0.260. The van der Waals surface area contributed by atoms with Crippen LogP contribution in [0.3, 0.4) is 0 Å². The fourth-order valence-electron chi connectivity index (χ4n) is 2.22. The third-order valence-corrected chi connectivity index (χ3v) is 5.08. The standard InChI is InChI=1S/C14H20N4O2S/c1-3-12(14-16-7-8-17-14)18-21(19,20)13-6-4-5-11(9-15)10(13)2/h4-8,12,18H,3,9,15H2,1-2H3,(H,16,17). The molecule has 114 valence electrons. The van der Waals surface area contributed by atoms with E-state index in [0.29, 0.717) is 24.4 Å². The van der Waals surface area contributed by atoms with Crippen molar-refractivity contribution >= 4 is 10.0 Å². The number of hydrogen-bond acceptors (Lipinski definition) is 4. The predicted octanol–water partition coefficient (Wildman–Crippen LogP) is 1.61. The van der Waals surface area contributed by atoms with Gasteiger partial charge in [-0.15, -0.1) is 0 Å². The third kappa shape index (κ3) is 3.31. The predicted molar refractivity (Wildman–Crippen MR) is 81.0 cm³/mol. The highest BCUT2D eigenvalue weighted by Gasteiger charge is 2.23. The van der Waals surface area contributed by atoms with E-state index in [0.717, 1.165) is 5.56 Å². The average molecular weight is 308 g/mol. The molecule has 0 radical (unpaired) electrons. The highest BCUT2D eigenvalue weighted by Crippen LogP contribution is 2.22. The number of H-pyrrole nitrogens is 1. The Labute approximate surface area is 124 Å². The summed E-state index contributed by atoms with van der Waals surface area (Å²) >= 11 is 0. The summed E-state index contributed by atoms with van der Waals surface area (Å²) in [6, 6.07) is 4.74. The summed E-state index contributed by atoms with van der Waals surface area (Å²) in [5.74, 6) is 0.605. The van der Waals surface area contributed by atoms with Gasteiger partial charge in [-0.3, -0.25) is 0 Å². The van der Waals surface area contributed by atoms with Gasteiger partial charge in [-0.25, -0.2) is 18.1 Å². The summed E-state index contributed by atoms with van der Waals surface area (Å²) in [7, 11) is -3.63. The fraction of sp³-hybridized carbons (Fsp3) is 0.357. The first-order valence-corrected chi connectivity index (χ1v) is 8.28. The molecule has 0 saturated carbocycles. The highest BCUT2D eigenvalue weighted by molar-refractivity contribution is 7.89. The summed E-state index contributed by atoms with van der Waals surface area (Å²) in [5, 5.41) is 0. The zero-order valence-corrected chi connectivity index (χ0v) is 12.9. The summed E-state index contributed by atoms with van der Waals surface area (Å²) in [6.07, 6.45) is 3.88. The molecule has 0 saturated heterocycles. The number of imidazole rings is 1. The quantitative estimate of drug-likeness (QED) is 0.754. The summed E-state index contributed by atoms with van der Waals surface area (Å²) in [6.45, 7) is 3.98. The number of aromatic amines is 1. The van der Waals surface area contributed by atoms with Gasteiger partial charge >= 0.3 is 0 Å². The molecule has 0 aliphatic heterocycles. The lowest BCUT2D eigenvalue weighted by atomic mass is 10.1. The molecule has 0 fully saturated rings. The number of benzene rings is 1. The molecule has 6 nitrogen and oxygen atoms in total. The van der Waals surface area contributed by atoms with Crippen molar-refractivity contribution in [1.29, 1.82) is 0 Å². The molecule has 21 heavy (non-hydrogen) atoms. The minimum Gasteiger partial charge on any atom is -0.347 e. The van der Waals surface area contributed by atoms with E-state index in [1.54, 1.807) is 31.5 Å². The van der Waals surface area contributed by atoms with Crippen molar-refractivity contribution in [2.75, 3.05) is 0 Å². The molecular formula is C14H20N4O2S. The highest BCUT2D eigenvalue weighted by atomic mass is 32.2. The number of sulfonamides is 1. The lowest BCUT2D eigenvalue weighted by molar-refractivity contribution is 0.538. The zero-order chi connectivity index (χ0) is 15.5. The average Bonchev–Trinajstić information content (AvgIpc) is 2.99. The molecule has 1 atom stereocenters. The zero-order valence-electron chi connectivity index (χ0n) is 12.1. The molecule has 2 aromatic rings. The molecule has 0 spiro atoms. The smallest absolute Gasteiger partial charge is 0.241 e. The Morgan fingerprint density at radius 2 is 2.19 bits per heavy atom. The van der Waals surface area contributed by atoms with Gasteiger partial charge in [-0.1, -0.05) is 19.1 Å². The van der Waals surface area contributed by atoms with Crippen LogP contribution in [-0.4, -0.2) is 18.4 Å². The van der Waals surface area contributed by atoms with Crippen LogP contribution < -0.4 is 10.5 Å². The maximum absolute atomic E-state index is 12.6. The largest absolute Gasteiger partial charge is 0.347 e. The Morgan fingerprint density at radius 3 is 2.76 bits per heavy atom. The van der Waals surface area contributed by atoms with Crippen LogP contribution >= 0.6 is 0 Å². The molecule has 7 heteroatoms. The van der Waals surface area contributed by atoms with Crippen LogP contribution in [0, 0.1) is 6.92 Å². The van der Waals surface area contributed by atoms with E-state index in [9.17, 15) is 8.42 Å². The van der Waals surface area contributed by atoms with Crippen molar-refractivity contribution in [2.24, 2.45) is 5.73 Å². The van der Waals surface area contributed by atoms with Crippen LogP contribution in [0.5, 0.6) is 0 Å². The normalized spacial score (nSPS) is 13.3. The molecule has 1 aromatic carbocycles. The topological polar surface area (TPSA) is 101 Å². The van der Waals surface area contributed by atoms with E-state index in [2.05, 4.69) is 14.7 Å². The van der Waals surface area contributed by atoms with Gasteiger partial charge in [0.1, 0.15) is 5.82 Å². The summed E-state index contributed by atoms with van der Waals surface area (Å²) < 4.78 is 27.9. The third-order valence-electron chi connectivity index (χ3n) is 3.46. The maximum Gasteiger partial charge on any atom is 0.241 e. The molecule has 1 aromatic heterocycles. The Hall–Kier alpha value is -1.70. The Kier molecular flexibility index (Phi) is 4.76.